The largest absolute Gasteiger partial charge is 0.477 e. The summed E-state index contributed by atoms with van der Waals surface area (Å²) in [5.41, 5.74) is 5.65. The van der Waals surface area contributed by atoms with Crippen molar-refractivity contribution in [1.29, 1.82) is 0 Å². The SMILES string of the molecule is Cn1nnnc1SCC1=C(C(=O)O)N2C(=O)C(NC(=O)/C(=N\Oc3ccc(F)cc3)c3nsc(N)n3)[C@H]2SC1. The molecule has 3 aromatic rings. The van der Waals surface area contributed by atoms with Crippen LogP contribution in [0.25, 0.3) is 0 Å². The first-order valence-corrected chi connectivity index (χ1v) is 13.7. The Bertz CT molecular complexity index is 1510. The van der Waals surface area contributed by atoms with E-state index in [9.17, 15) is 23.9 Å². The summed E-state index contributed by atoms with van der Waals surface area (Å²) in [6.45, 7) is 0. The maximum Gasteiger partial charge on any atom is 0.352 e. The summed E-state index contributed by atoms with van der Waals surface area (Å²) < 4.78 is 18.6. The van der Waals surface area contributed by atoms with Crippen LogP contribution in [-0.2, 0) is 21.4 Å². The number of rotatable bonds is 9. The molecular weight excluding hydrogens is 575 g/mol. The second-order valence-corrected chi connectivity index (χ2v) is 10.8. The number of oxime groups is 1. The normalized spacial score (nSPS) is 19.0. The number of nitrogens with zero attached hydrogens (tertiary/aromatic N) is 8. The zero-order valence-electron chi connectivity index (χ0n) is 19.7. The number of carbonyl (C=O) groups excluding carboxylic acids is 2. The molecule has 2 aliphatic heterocycles. The van der Waals surface area contributed by atoms with Crippen LogP contribution in [0.5, 0.6) is 5.75 Å². The van der Waals surface area contributed by atoms with E-state index in [0.717, 1.165) is 28.6 Å². The molecule has 1 aromatic carbocycles. The summed E-state index contributed by atoms with van der Waals surface area (Å²) >= 11 is 3.37. The Balaban J connectivity index is 1.32. The number of hydrogen-bond acceptors (Lipinski definition) is 14. The lowest BCUT2D eigenvalue weighted by Gasteiger charge is -2.49. The zero-order chi connectivity index (χ0) is 27.7. The van der Waals surface area contributed by atoms with Crippen LogP contribution in [0, 0.1) is 5.82 Å². The fourth-order valence-electron chi connectivity index (χ4n) is 3.61. The van der Waals surface area contributed by atoms with Gasteiger partial charge >= 0.3 is 5.97 Å². The first-order chi connectivity index (χ1) is 18.7. The molecule has 1 unspecified atom stereocenters. The fourth-order valence-corrected chi connectivity index (χ4v) is 6.38. The molecule has 15 nitrogen and oxygen atoms in total. The second kappa shape index (κ2) is 10.9. The van der Waals surface area contributed by atoms with Gasteiger partial charge in [-0.3, -0.25) is 14.5 Å². The quantitative estimate of drug-likeness (QED) is 0.131. The Morgan fingerprint density at radius 3 is 2.77 bits per heavy atom. The highest BCUT2D eigenvalue weighted by Crippen LogP contribution is 2.41. The predicted octanol–water partition coefficient (Wildman–Crippen LogP) is 0.0969. The van der Waals surface area contributed by atoms with Gasteiger partial charge in [0.15, 0.2) is 10.9 Å². The Morgan fingerprint density at radius 1 is 1.36 bits per heavy atom. The fraction of sp³-hybridized carbons (Fsp3) is 0.250. The monoisotopic (exact) mass is 592 g/mol. The number of aryl methyl sites for hydroxylation is 1. The number of carboxylic acid groups (broad SMARTS) is 1. The Labute approximate surface area is 230 Å². The van der Waals surface area contributed by atoms with E-state index in [1.807, 2.05) is 0 Å². The van der Waals surface area contributed by atoms with Gasteiger partial charge in [-0.25, -0.2) is 13.9 Å². The van der Waals surface area contributed by atoms with E-state index in [4.69, 9.17) is 10.6 Å². The van der Waals surface area contributed by atoms with Gasteiger partial charge in [0.25, 0.3) is 11.8 Å². The smallest absolute Gasteiger partial charge is 0.352 e. The van der Waals surface area contributed by atoms with Crippen molar-refractivity contribution in [2.75, 3.05) is 17.2 Å². The van der Waals surface area contributed by atoms with Gasteiger partial charge in [0.1, 0.15) is 22.9 Å². The third-order valence-electron chi connectivity index (χ3n) is 5.42. The zero-order valence-corrected chi connectivity index (χ0v) is 22.2. The van der Waals surface area contributed by atoms with E-state index in [0.29, 0.717) is 16.5 Å². The third kappa shape index (κ3) is 5.40. The lowest BCUT2D eigenvalue weighted by atomic mass is 10.0. The van der Waals surface area contributed by atoms with Crippen molar-refractivity contribution in [1.82, 2.24) is 39.8 Å². The number of benzene rings is 1. The van der Waals surface area contributed by atoms with Gasteiger partial charge in [-0.05, 0) is 40.3 Å². The minimum absolute atomic E-state index is 0.0692. The van der Waals surface area contributed by atoms with Crippen molar-refractivity contribution in [3.8, 4) is 5.75 Å². The highest BCUT2D eigenvalue weighted by atomic mass is 32.2. The van der Waals surface area contributed by atoms with Gasteiger partial charge in [0, 0.05) is 30.1 Å². The molecule has 2 amide bonds. The van der Waals surface area contributed by atoms with E-state index < -0.39 is 35.0 Å². The van der Waals surface area contributed by atoms with Crippen LogP contribution in [0.2, 0.25) is 0 Å². The van der Waals surface area contributed by atoms with Crippen LogP contribution in [0.15, 0.2) is 45.8 Å². The number of carbonyl (C=O) groups is 3. The molecule has 0 saturated carbocycles. The van der Waals surface area contributed by atoms with Crippen molar-refractivity contribution in [2.24, 2.45) is 12.2 Å². The maximum atomic E-state index is 13.2. The number of aromatic nitrogens is 6. The molecule has 202 valence electrons. The molecule has 39 heavy (non-hydrogen) atoms. The summed E-state index contributed by atoms with van der Waals surface area (Å²) in [7, 11) is 1.66. The van der Waals surface area contributed by atoms with Gasteiger partial charge in [0.2, 0.25) is 16.7 Å². The number of fused-ring (bicyclic) bond motifs is 1. The van der Waals surface area contributed by atoms with Gasteiger partial charge in [-0.1, -0.05) is 16.9 Å². The number of nitrogens with two attached hydrogens (primary N) is 1. The van der Waals surface area contributed by atoms with E-state index in [1.54, 1.807) is 7.05 Å². The summed E-state index contributed by atoms with van der Waals surface area (Å²) in [6.07, 6.45) is 0. The van der Waals surface area contributed by atoms with Crippen molar-refractivity contribution >= 4 is 63.7 Å². The summed E-state index contributed by atoms with van der Waals surface area (Å²) in [5.74, 6) is -2.64. The summed E-state index contributed by atoms with van der Waals surface area (Å²) in [4.78, 5) is 48.7. The summed E-state index contributed by atoms with van der Waals surface area (Å²) in [5, 5.41) is 27.3. The first-order valence-electron chi connectivity index (χ1n) is 10.9. The summed E-state index contributed by atoms with van der Waals surface area (Å²) in [6, 6.07) is 3.87. The minimum atomic E-state index is -1.26. The van der Waals surface area contributed by atoms with Crippen molar-refractivity contribution in [3.05, 3.63) is 47.2 Å². The van der Waals surface area contributed by atoms with Gasteiger partial charge in [0.05, 0.1) is 0 Å². The molecule has 2 atom stereocenters. The average Bonchev–Trinajstić information content (AvgIpc) is 3.53. The number of amides is 2. The van der Waals surface area contributed by atoms with Crippen molar-refractivity contribution in [2.45, 2.75) is 16.6 Å². The number of tetrazole rings is 1. The van der Waals surface area contributed by atoms with E-state index in [1.165, 1.54) is 40.3 Å². The van der Waals surface area contributed by atoms with Crippen LogP contribution in [0.1, 0.15) is 5.82 Å². The van der Waals surface area contributed by atoms with E-state index >= 15 is 0 Å². The molecule has 0 spiro atoms. The first kappa shape index (κ1) is 26.5. The van der Waals surface area contributed by atoms with Crippen LogP contribution < -0.4 is 15.9 Å². The molecule has 0 bridgehead atoms. The minimum Gasteiger partial charge on any atom is -0.477 e. The number of nitrogens with one attached hydrogen (secondary N) is 1. The number of hydrogen-bond donors (Lipinski definition) is 3. The Kier molecular flexibility index (Phi) is 7.44. The van der Waals surface area contributed by atoms with Crippen LogP contribution >= 0.6 is 35.1 Å². The second-order valence-electron chi connectivity index (χ2n) is 7.93. The molecule has 1 saturated heterocycles. The molecule has 2 aromatic heterocycles. The van der Waals surface area contributed by atoms with E-state index in [2.05, 4.69) is 35.4 Å². The van der Waals surface area contributed by atoms with Gasteiger partial charge in [-0.15, -0.1) is 16.9 Å². The Morgan fingerprint density at radius 2 is 2.13 bits per heavy atom. The van der Waals surface area contributed by atoms with Crippen LogP contribution in [-0.4, -0.2) is 86.0 Å². The molecule has 2 aliphatic rings. The number of aliphatic carboxylic acids is 1. The highest BCUT2D eigenvalue weighted by Gasteiger charge is 2.54. The number of β-lactam (4-membered cyclic amide) rings is 1. The molecule has 4 N–H and O–H groups in total. The molecule has 0 radical (unpaired) electrons. The highest BCUT2D eigenvalue weighted by molar-refractivity contribution is 8.01. The Hall–Kier alpha value is -4.10. The van der Waals surface area contributed by atoms with Crippen LogP contribution in [0.3, 0.4) is 0 Å². The lowest BCUT2D eigenvalue weighted by Crippen LogP contribution is -2.71. The van der Waals surface area contributed by atoms with Gasteiger partial charge < -0.3 is 21.0 Å². The van der Waals surface area contributed by atoms with Gasteiger partial charge in [-0.2, -0.15) is 9.36 Å². The molecule has 1 fully saturated rings. The number of carboxylic acids is 1. The van der Waals surface area contributed by atoms with Crippen molar-refractivity contribution in [3.63, 3.8) is 0 Å². The maximum absolute atomic E-state index is 13.2. The lowest BCUT2D eigenvalue weighted by molar-refractivity contribution is -0.150. The third-order valence-corrected chi connectivity index (χ3v) is 8.40. The molecular formula is C20H17FN10O5S3. The number of anilines is 1. The molecule has 4 heterocycles. The number of thioether (sulfide) groups is 2. The number of halogens is 1. The van der Waals surface area contributed by atoms with E-state index in [-0.39, 0.29) is 33.9 Å². The number of nitrogen functional groups attached to an aromatic ring is 1. The van der Waals surface area contributed by atoms with Crippen LogP contribution in [0.4, 0.5) is 9.52 Å². The predicted molar refractivity (Wildman–Crippen MR) is 137 cm³/mol. The van der Waals surface area contributed by atoms with Crippen molar-refractivity contribution < 1.29 is 28.7 Å². The molecule has 19 heteroatoms. The standard InChI is InChI=1S/C20H17FN10O5S3/c1-30-20(25-28-29-30)38-7-8-6-37-17-12(16(33)31(17)13(8)18(34)35)23-15(32)11(14-24-19(22)39-27-14)26-36-10-4-2-9(21)3-5-10/h2-5,12,17H,6-7H2,1H3,(H,23,32)(H,34,35)(H2,22,24,27)/b26-11-/t12?,17-/m1/s1. The molecule has 0 aliphatic carbocycles. The average molecular weight is 593 g/mol. The topological polar surface area (TPSA) is 204 Å². The molecule has 5 rings (SSSR count).